The topological polar surface area (TPSA) is 118 Å². The van der Waals surface area contributed by atoms with Crippen LogP contribution in [0.3, 0.4) is 0 Å². The van der Waals surface area contributed by atoms with E-state index in [9.17, 15) is 10.2 Å². The zero-order valence-electron chi connectivity index (χ0n) is 18.8. The Morgan fingerprint density at radius 1 is 1.27 bits per heavy atom. The third kappa shape index (κ3) is 4.00. The number of nitrogens with one attached hydrogen (secondary N) is 3. The summed E-state index contributed by atoms with van der Waals surface area (Å²) in [5, 5.41) is 17.5. The molecule has 2 aliphatic rings. The molecule has 1 aromatic carbocycles. The molecule has 0 unspecified atom stereocenters. The number of rotatable bonds is 6. The second-order valence-corrected chi connectivity index (χ2v) is 11.7. The summed E-state index contributed by atoms with van der Waals surface area (Å²) >= 11 is 0. The number of nitrogens with zero attached hydrogens (tertiary/aromatic N) is 3. The third-order valence-electron chi connectivity index (χ3n) is 6.61. The Balaban J connectivity index is 1.38. The first-order valence-corrected chi connectivity index (χ1v) is 13.1. The lowest BCUT2D eigenvalue weighted by molar-refractivity contribution is -0.0622. The van der Waals surface area contributed by atoms with Gasteiger partial charge < -0.3 is 25.1 Å². The summed E-state index contributed by atoms with van der Waals surface area (Å²) in [5.41, 5.74) is 2.74. The van der Waals surface area contributed by atoms with Gasteiger partial charge in [0.1, 0.15) is 40.9 Å². The zero-order valence-corrected chi connectivity index (χ0v) is 19.7. The molecule has 2 saturated heterocycles. The van der Waals surface area contributed by atoms with Crippen LogP contribution in [0.1, 0.15) is 5.56 Å². The summed E-state index contributed by atoms with van der Waals surface area (Å²) < 4.78 is 11.0. The number of hydrogen-bond donors (Lipinski definition) is 4. The van der Waals surface area contributed by atoms with Crippen LogP contribution in [0.25, 0.3) is 11.0 Å². The Labute approximate surface area is 193 Å². The van der Waals surface area contributed by atoms with Crippen molar-refractivity contribution in [3.63, 3.8) is 0 Å². The maximum Gasteiger partial charge on any atom is 0.176 e. The predicted octanol–water partition coefficient (Wildman–Crippen LogP) is 2.49. The van der Waals surface area contributed by atoms with Gasteiger partial charge in [0, 0.05) is 44.2 Å². The standard InChI is InChI=1S/C23H28N6O3P/c1-25-19-10-21(28-23-22(19)15(11-24)12-26-23)27-18-4-3-17(9-20(18)31-2)33(30)7-5-29(6-8-33)16-13-32-14-16/h3-4,9-10,12,16,30H,5-8,13-14H2,1-2H3,(H3,25,26,27,28)/q+1. The van der Waals surface area contributed by atoms with Gasteiger partial charge in [0.15, 0.2) is 7.49 Å². The van der Waals surface area contributed by atoms with Gasteiger partial charge in [-0.3, -0.25) is 4.90 Å². The molecule has 9 nitrogen and oxygen atoms in total. The van der Waals surface area contributed by atoms with E-state index in [1.54, 1.807) is 13.3 Å². The lowest BCUT2D eigenvalue weighted by atomic mass is 10.2. The number of hydrogen-bond acceptors (Lipinski definition) is 8. The van der Waals surface area contributed by atoms with E-state index in [1.165, 1.54) is 0 Å². The Hall–Kier alpha value is -2.89. The van der Waals surface area contributed by atoms with Crippen molar-refractivity contribution in [1.29, 1.82) is 5.26 Å². The van der Waals surface area contributed by atoms with Crippen LogP contribution in [0.2, 0.25) is 0 Å². The van der Waals surface area contributed by atoms with Crippen molar-refractivity contribution in [1.82, 2.24) is 14.9 Å². The molecule has 172 valence electrons. The van der Waals surface area contributed by atoms with E-state index in [4.69, 9.17) is 9.47 Å². The molecule has 0 saturated carbocycles. The van der Waals surface area contributed by atoms with Crippen LogP contribution in [0, 0.1) is 11.3 Å². The molecule has 0 bridgehead atoms. The molecular weight excluding hydrogens is 439 g/mol. The molecule has 0 atom stereocenters. The second-order valence-electron chi connectivity index (χ2n) is 8.45. The van der Waals surface area contributed by atoms with Crippen LogP contribution >= 0.6 is 7.49 Å². The molecule has 2 fully saturated rings. The summed E-state index contributed by atoms with van der Waals surface area (Å²) in [6.07, 6.45) is 3.24. The number of fused-ring (bicyclic) bond motifs is 1. The van der Waals surface area contributed by atoms with Crippen molar-refractivity contribution < 1.29 is 14.4 Å². The highest BCUT2D eigenvalue weighted by atomic mass is 31.2. The van der Waals surface area contributed by atoms with Crippen LogP contribution in [0.5, 0.6) is 5.75 Å². The predicted molar refractivity (Wildman–Crippen MR) is 131 cm³/mol. The molecular formula is C23H28N6O3P+. The van der Waals surface area contributed by atoms with Crippen LogP contribution in [-0.4, -0.2) is 78.6 Å². The molecule has 4 N–H and O–H groups in total. The fraction of sp³-hybridized carbons (Fsp3) is 0.391. The first-order valence-electron chi connectivity index (χ1n) is 11.0. The van der Waals surface area contributed by atoms with E-state index in [0.717, 1.165) is 60.7 Å². The number of aromatic nitrogens is 2. The molecule has 33 heavy (non-hydrogen) atoms. The van der Waals surface area contributed by atoms with Crippen molar-refractivity contribution >= 4 is 41.0 Å². The van der Waals surface area contributed by atoms with Gasteiger partial charge in [-0.15, -0.1) is 0 Å². The van der Waals surface area contributed by atoms with E-state index in [0.29, 0.717) is 28.8 Å². The normalized spacial score (nSPS) is 18.5. The number of methoxy groups -OCH3 is 1. The minimum absolute atomic E-state index is 0.510. The van der Waals surface area contributed by atoms with Gasteiger partial charge in [-0.25, -0.2) is 9.88 Å². The highest BCUT2D eigenvalue weighted by Gasteiger charge is 2.44. The fourth-order valence-corrected chi connectivity index (χ4v) is 7.16. The van der Waals surface area contributed by atoms with Crippen molar-refractivity contribution in [2.24, 2.45) is 0 Å². The van der Waals surface area contributed by atoms with E-state index in [2.05, 4.69) is 31.6 Å². The second kappa shape index (κ2) is 8.81. The van der Waals surface area contributed by atoms with Gasteiger partial charge in [-0.05, 0) is 12.1 Å². The van der Waals surface area contributed by atoms with Crippen LogP contribution < -0.4 is 20.7 Å². The van der Waals surface area contributed by atoms with Gasteiger partial charge in [0.2, 0.25) is 0 Å². The van der Waals surface area contributed by atoms with Gasteiger partial charge >= 0.3 is 0 Å². The highest BCUT2D eigenvalue weighted by Crippen LogP contribution is 2.55. The van der Waals surface area contributed by atoms with Crippen molar-refractivity contribution in [2.75, 3.05) is 63.4 Å². The van der Waals surface area contributed by atoms with Gasteiger partial charge in [0.05, 0.1) is 43.0 Å². The third-order valence-corrected chi connectivity index (χ3v) is 9.73. The number of H-pyrrole nitrogens is 1. The Bertz CT molecular complexity index is 1210. The minimum atomic E-state index is -2.22. The van der Waals surface area contributed by atoms with Crippen LogP contribution in [0.4, 0.5) is 17.2 Å². The molecule has 10 heteroatoms. The van der Waals surface area contributed by atoms with Gasteiger partial charge in [-0.1, -0.05) is 0 Å². The maximum atomic E-state index is 11.5. The molecule has 3 aromatic rings. The molecule has 2 aliphatic heterocycles. The van der Waals surface area contributed by atoms with E-state index in [-0.39, 0.29) is 0 Å². The SMILES string of the molecule is CNc1cc(Nc2ccc([P+]3(O)CCN(C4COC4)CC3)cc2OC)nc2[nH]cc(C#N)c12. The average Bonchev–Trinajstić information content (AvgIpc) is 3.22. The van der Waals surface area contributed by atoms with Gasteiger partial charge in [-0.2, -0.15) is 5.26 Å². The summed E-state index contributed by atoms with van der Waals surface area (Å²) in [6, 6.07) is 10.5. The summed E-state index contributed by atoms with van der Waals surface area (Å²) in [6.45, 7) is 3.41. The molecule has 0 aliphatic carbocycles. The van der Waals surface area contributed by atoms with Crippen molar-refractivity contribution in [3.8, 4) is 11.8 Å². The van der Waals surface area contributed by atoms with E-state index < -0.39 is 7.49 Å². The number of ether oxygens (including phenoxy) is 2. The average molecular weight is 467 g/mol. The Morgan fingerprint density at radius 2 is 2.06 bits per heavy atom. The quantitative estimate of drug-likeness (QED) is 0.409. The van der Waals surface area contributed by atoms with E-state index >= 15 is 0 Å². The number of aromatic amines is 1. The number of pyridine rings is 1. The van der Waals surface area contributed by atoms with Crippen LogP contribution in [-0.2, 0) is 4.74 Å². The van der Waals surface area contributed by atoms with Gasteiger partial charge in [0.25, 0.3) is 0 Å². The summed E-state index contributed by atoms with van der Waals surface area (Å²) in [5.74, 6) is 1.28. The lowest BCUT2D eigenvalue weighted by Gasteiger charge is -2.41. The Morgan fingerprint density at radius 3 is 2.70 bits per heavy atom. The van der Waals surface area contributed by atoms with Crippen LogP contribution in [0.15, 0.2) is 30.5 Å². The molecule has 0 radical (unpaired) electrons. The highest BCUT2D eigenvalue weighted by molar-refractivity contribution is 7.77. The molecule has 5 rings (SSSR count). The zero-order chi connectivity index (χ0) is 23.0. The molecule has 0 spiro atoms. The van der Waals surface area contributed by atoms with E-state index in [1.807, 2.05) is 31.3 Å². The number of anilines is 3. The number of nitriles is 1. The number of benzene rings is 1. The first-order chi connectivity index (χ1) is 16.0. The molecule has 2 aromatic heterocycles. The molecule has 0 amide bonds. The smallest absolute Gasteiger partial charge is 0.176 e. The molecule has 4 heterocycles. The fourth-order valence-electron chi connectivity index (χ4n) is 4.53. The Kier molecular flexibility index (Phi) is 5.85. The first kappa shape index (κ1) is 21.9. The maximum absolute atomic E-state index is 11.5. The lowest BCUT2D eigenvalue weighted by Crippen LogP contribution is -2.53. The minimum Gasteiger partial charge on any atom is -0.494 e. The van der Waals surface area contributed by atoms with Crippen molar-refractivity contribution in [3.05, 3.63) is 36.0 Å². The monoisotopic (exact) mass is 467 g/mol. The largest absolute Gasteiger partial charge is 0.494 e. The summed E-state index contributed by atoms with van der Waals surface area (Å²) in [7, 11) is 1.23. The van der Waals surface area contributed by atoms with Crippen molar-refractivity contribution in [2.45, 2.75) is 6.04 Å². The summed E-state index contributed by atoms with van der Waals surface area (Å²) in [4.78, 5) is 21.6.